The van der Waals surface area contributed by atoms with E-state index >= 15 is 0 Å². The average Bonchev–Trinajstić information content (AvgIpc) is 3.18. The minimum Gasteiger partial charge on any atom is -0.344 e. The molecule has 3 aromatic rings. The van der Waals surface area contributed by atoms with Crippen LogP contribution in [0, 0.1) is 0 Å². The second-order valence-electron chi connectivity index (χ2n) is 7.12. The second kappa shape index (κ2) is 8.44. The number of thiazole rings is 1. The fraction of sp³-hybridized carbons (Fsp3) is 0.238. The summed E-state index contributed by atoms with van der Waals surface area (Å²) in [4.78, 5) is 17.1. The molecular weight excluding hydrogens is 406 g/mol. The van der Waals surface area contributed by atoms with E-state index < -0.39 is 10.0 Å². The number of benzene rings is 2. The van der Waals surface area contributed by atoms with Gasteiger partial charge < -0.3 is 5.32 Å². The fourth-order valence-corrected chi connectivity index (χ4v) is 4.14. The Kier molecular flexibility index (Phi) is 6.16. The van der Waals surface area contributed by atoms with Crippen molar-refractivity contribution < 1.29 is 13.2 Å². The molecule has 1 atom stereocenters. The first-order valence-corrected chi connectivity index (χ1v) is 11.6. The largest absolute Gasteiger partial charge is 0.344 e. The van der Waals surface area contributed by atoms with E-state index in [-0.39, 0.29) is 16.8 Å². The van der Waals surface area contributed by atoms with Crippen molar-refractivity contribution in [1.82, 2.24) is 10.3 Å². The Balaban J connectivity index is 1.69. The van der Waals surface area contributed by atoms with Gasteiger partial charge in [0.05, 0.1) is 10.9 Å². The lowest BCUT2D eigenvalue weighted by molar-refractivity contribution is 0.0935. The standard InChI is InChI=1S/C21H23N3O3S2/c1-13(2)15-4-6-17(7-5-15)21-24-19(12-28-21)20(25)23-14(3)16-8-10-18(11-9-16)29(22,26)27/h4-14H,1-3H3,(H,23,25)(H2,22,26,27)/t14-/m0/s1. The summed E-state index contributed by atoms with van der Waals surface area (Å²) in [6.45, 7) is 6.11. The molecule has 3 N–H and O–H groups in total. The Morgan fingerprint density at radius 1 is 1.00 bits per heavy atom. The van der Waals surface area contributed by atoms with Gasteiger partial charge in [0.1, 0.15) is 10.7 Å². The number of carbonyl (C=O) groups is 1. The summed E-state index contributed by atoms with van der Waals surface area (Å²) in [5.74, 6) is 0.177. The van der Waals surface area contributed by atoms with Gasteiger partial charge in [0.2, 0.25) is 10.0 Å². The second-order valence-corrected chi connectivity index (χ2v) is 9.54. The van der Waals surface area contributed by atoms with Gasteiger partial charge in [-0.15, -0.1) is 11.3 Å². The first-order chi connectivity index (χ1) is 13.6. The van der Waals surface area contributed by atoms with Gasteiger partial charge >= 0.3 is 0 Å². The zero-order valence-electron chi connectivity index (χ0n) is 16.4. The number of aromatic nitrogens is 1. The van der Waals surface area contributed by atoms with Crippen LogP contribution in [0.4, 0.5) is 0 Å². The molecule has 0 saturated heterocycles. The molecule has 29 heavy (non-hydrogen) atoms. The lowest BCUT2D eigenvalue weighted by atomic mass is 10.0. The maximum absolute atomic E-state index is 12.6. The van der Waals surface area contributed by atoms with Gasteiger partial charge in [0, 0.05) is 10.9 Å². The molecule has 0 fully saturated rings. The summed E-state index contributed by atoms with van der Waals surface area (Å²) < 4.78 is 22.7. The maximum atomic E-state index is 12.6. The van der Waals surface area contributed by atoms with E-state index in [2.05, 4.69) is 36.3 Å². The van der Waals surface area contributed by atoms with Gasteiger partial charge in [0.25, 0.3) is 5.91 Å². The van der Waals surface area contributed by atoms with Crippen LogP contribution in [0.3, 0.4) is 0 Å². The SMILES string of the molecule is CC(C)c1ccc(-c2nc(C(=O)N[C@@H](C)c3ccc(S(N)(=O)=O)cc3)cs2)cc1. The van der Waals surface area contributed by atoms with Gasteiger partial charge in [0.15, 0.2) is 0 Å². The molecule has 8 heteroatoms. The quantitative estimate of drug-likeness (QED) is 0.616. The lowest BCUT2D eigenvalue weighted by Crippen LogP contribution is -2.27. The molecule has 0 saturated carbocycles. The Hall–Kier alpha value is -2.55. The lowest BCUT2D eigenvalue weighted by Gasteiger charge is -2.13. The molecule has 0 aliphatic rings. The highest BCUT2D eigenvalue weighted by atomic mass is 32.2. The average molecular weight is 430 g/mol. The topological polar surface area (TPSA) is 102 Å². The molecule has 0 spiro atoms. The number of amides is 1. The molecule has 152 valence electrons. The number of nitrogens with two attached hydrogens (primary N) is 1. The molecule has 0 aliphatic heterocycles. The van der Waals surface area contributed by atoms with Crippen molar-refractivity contribution in [3.8, 4) is 10.6 Å². The molecule has 2 aromatic carbocycles. The zero-order chi connectivity index (χ0) is 21.2. The van der Waals surface area contributed by atoms with Gasteiger partial charge in [-0.25, -0.2) is 18.5 Å². The fourth-order valence-electron chi connectivity index (χ4n) is 2.82. The van der Waals surface area contributed by atoms with Crippen LogP contribution < -0.4 is 10.5 Å². The zero-order valence-corrected chi connectivity index (χ0v) is 18.0. The number of hydrogen-bond donors (Lipinski definition) is 2. The van der Waals surface area contributed by atoms with E-state index in [0.29, 0.717) is 11.6 Å². The summed E-state index contributed by atoms with van der Waals surface area (Å²) in [5, 5.41) is 10.5. The first-order valence-electron chi connectivity index (χ1n) is 9.14. The molecule has 0 unspecified atom stereocenters. The van der Waals surface area contributed by atoms with Crippen LogP contribution in [0.2, 0.25) is 0 Å². The van der Waals surface area contributed by atoms with Crippen LogP contribution >= 0.6 is 11.3 Å². The van der Waals surface area contributed by atoms with Crippen molar-refractivity contribution in [1.29, 1.82) is 0 Å². The van der Waals surface area contributed by atoms with Gasteiger partial charge in [-0.3, -0.25) is 4.79 Å². The molecule has 3 rings (SSSR count). The number of primary sulfonamides is 1. The Morgan fingerprint density at radius 3 is 2.14 bits per heavy atom. The summed E-state index contributed by atoms with van der Waals surface area (Å²) >= 11 is 1.42. The number of carbonyl (C=O) groups excluding carboxylic acids is 1. The molecule has 1 heterocycles. The van der Waals surface area contributed by atoms with Crippen LogP contribution in [0.1, 0.15) is 54.3 Å². The highest BCUT2D eigenvalue weighted by molar-refractivity contribution is 7.89. The number of hydrogen-bond acceptors (Lipinski definition) is 5. The molecule has 6 nitrogen and oxygen atoms in total. The minimum atomic E-state index is -3.74. The molecule has 1 amide bonds. The smallest absolute Gasteiger partial charge is 0.271 e. The molecule has 0 aliphatic carbocycles. The Bertz CT molecular complexity index is 1100. The van der Waals surface area contributed by atoms with Crippen LogP contribution in [-0.2, 0) is 10.0 Å². The predicted molar refractivity (Wildman–Crippen MR) is 115 cm³/mol. The van der Waals surface area contributed by atoms with Crippen LogP contribution in [0.15, 0.2) is 58.8 Å². The van der Waals surface area contributed by atoms with E-state index in [9.17, 15) is 13.2 Å². The molecule has 1 aromatic heterocycles. The summed E-state index contributed by atoms with van der Waals surface area (Å²) in [5.41, 5.74) is 3.35. The first kappa shape index (κ1) is 21.2. The van der Waals surface area contributed by atoms with Crippen molar-refractivity contribution in [2.75, 3.05) is 0 Å². The number of nitrogens with one attached hydrogen (secondary N) is 1. The Labute approximate surface area is 174 Å². The summed E-state index contributed by atoms with van der Waals surface area (Å²) in [6, 6.07) is 14.0. The minimum absolute atomic E-state index is 0.0346. The van der Waals surface area contributed by atoms with E-state index in [4.69, 9.17) is 5.14 Å². The van der Waals surface area contributed by atoms with Crippen molar-refractivity contribution in [2.45, 2.75) is 37.6 Å². The highest BCUT2D eigenvalue weighted by Crippen LogP contribution is 2.26. The monoisotopic (exact) mass is 429 g/mol. The van der Waals surface area contributed by atoms with Crippen molar-refractivity contribution in [3.05, 3.63) is 70.7 Å². The van der Waals surface area contributed by atoms with Crippen molar-refractivity contribution in [2.24, 2.45) is 5.14 Å². The maximum Gasteiger partial charge on any atom is 0.271 e. The van der Waals surface area contributed by atoms with E-state index in [0.717, 1.165) is 16.1 Å². The third-order valence-electron chi connectivity index (χ3n) is 4.62. The summed E-state index contributed by atoms with van der Waals surface area (Å²) in [6.07, 6.45) is 0. The highest BCUT2D eigenvalue weighted by Gasteiger charge is 2.16. The van der Waals surface area contributed by atoms with Gasteiger partial charge in [-0.2, -0.15) is 0 Å². The molecule has 0 bridgehead atoms. The van der Waals surface area contributed by atoms with Gasteiger partial charge in [-0.05, 0) is 36.1 Å². The Morgan fingerprint density at radius 2 is 1.59 bits per heavy atom. The molecular formula is C21H23N3O3S2. The number of nitrogens with zero attached hydrogens (tertiary/aromatic N) is 1. The number of sulfonamides is 1. The van der Waals surface area contributed by atoms with Crippen LogP contribution in [-0.4, -0.2) is 19.3 Å². The van der Waals surface area contributed by atoms with Crippen LogP contribution in [0.25, 0.3) is 10.6 Å². The van der Waals surface area contributed by atoms with Crippen LogP contribution in [0.5, 0.6) is 0 Å². The van der Waals surface area contributed by atoms with Crippen molar-refractivity contribution >= 4 is 27.3 Å². The predicted octanol–water partition coefficient (Wildman–Crippen LogP) is 4.07. The van der Waals surface area contributed by atoms with E-state index in [1.165, 1.54) is 29.0 Å². The van der Waals surface area contributed by atoms with E-state index in [1.807, 2.05) is 19.1 Å². The summed E-state index contributed by atoms with van der Waals surface area (Å²) in [7, 11) is -3.74. The van der Waals surface area contributed by atoms with Gasteiger partial charge in [-0.1, -0.05) is 50.2 Å². The normalized spacial score (nSPS) is 12.7. The molecule has 0 radical (unpaired) electrons. The number of rotatable bonds is 6. The third-order valence-corrected chi connectivity index (χ3v) is 6.44. The third kappa shape index (κ3) is 5.09. The van der Waals surface area contributed by atoms with Crippen molar-refractivity contribution in [3.63, 3.8) is 0 Å². The van der Waals surface area contributed by atoms with E-state index in [1.54, 1.807) is 17.5 Å².